The van der Waals surface area contributed by atoms with Crippen molar-refractivity contribution in [2.75, 3.05) is 32.8 Å². The highest BCUT2D eigenvalue weighted by molar-refractivity contribution is 7.89. The van der Waals surface area contributed by atoms with Crippen molar-refractivity contribution in [2.24, 2.45) is 14.1 Å². The van der Waals surface area contributed by atoms with Gasteiger partial charge in [0.1, 0.15) is 12.4 Å². The van der Waals surface area contributed by atoms with Crippen molar-refractivity contribution >= 4 is 32.9 Å². The van der Waals surface area contributed by atoms with Gasteiger partial charge in [-0.05, 0) is 43.7 Å². The van der Waals surface area contributed by atoms with Gasteiger partial charge < -0.3 is 15.4 Å². The van der Waals surface area contributed by atoms with Crippen molar-refractivity contribution in [3.63, 3.8) is 0 Å². The minimum atomic E-state index is -3.99. The molecule has 1 aliphatic heterocycles. The number of amides is 2. The van der Waals surface area contributed by atoms with Gasteiger partial charge in [0, 0.05) is 40.2 Å². The van der Waals surface area contributed by atoms with E-state index < -0.39 is 10.0 Å². The Bertz CT molecular complexity index is 1510. The molecule has 1 aliphatic rings. The van der Waals surface area contributed by atoms with Crippen LogP contribution in [0.4, 0.5) is 0 Å². The zero-order valence-electron chi connectivity index (χ0n) is 21.1. The number of carbonyl (C=O) groups is 2. The minimum absolute atomic E-state index is 0.00343. The molecule has 3 aromatic rings. The van der Waals surface area contributed by atoms with Gasteiger partial charge in [0.25, 0.3) is 5.91 Å². The van der Waals surface area contributed by atoms with Crippen molar-refractivity contribution in [3.8, 4) is 5.75 Å². The molecule has 0 saturated carbocycles. The van der Waals surface area contributed by atoms with Crippen LogP contribution >= 0.6 is 0 Å². The molecule has 0 radical (unpaired) electrons. The molecular weight excluding hydrogens is 498 g/mol. The summed E-state index contributed by atoms with van der Waals surface area (Å²) in [6.45, 7) is 2.46. The van der Waals surface area contributed by atoms with E-state index in [0.717, 1.165) is 5.56 Å². The SMILES string of the molecule is Cc1ccc2c(c1)C(=O)NCCN(S(=O)(=O)c1ccc3c(c1)n(C)c(=O)n3C)CCCC(=O)NCCO2. The smallest absolute Gasteiger partial charge is 0.328 e. The summed E-state index contributed by atoms with van der Waals surface area (Å²) < 4.78 is 37.1. The van der Waals surface area contributed by atoms with Gasteiger partial charge in [0.15, 0.2) is 0 Å². The fraction of sp³-hybridized carbons (Fsp3) is 0.400. The summed E-state index contributed by atoms with van der Waals surface area (Å²) in [5.74, 6) is -0.205. The van der Waals surface area contributed by atoms with Gasteiger partial charge in [-0.3, -0.25) is 18.7 Å². The monoisotopic (exact) mass is 529 g/mol. The molecule has 198 valence electrons. The average Bonchev–Trinajstić information content (AvgIpc) is 3.08. The molecular formula is C25H31N5O6S. The predicted octanol–water partition coefficient (Wildman–Crippen LogP) is 0.895. The number of nitrogens with zero attached hydrogens (tertiary/aromatic N) is 3. The number of aryl methyl sites for hydroxylation is 3. The molecule has 37 heavy (non-hydrogen) atoms. The number of aromatic nitrogens is 2. The number of sulfonamides is 1. The van der Waals surface area contributed by atoms with Crippen molar-refractivity contribution in [3.05, 3.63) is 58.0 Å². The van der Waals surface area contributed by atoms with Crippen molar-refractivity contribution in [1.82, 2.24) is 24.1 Å². The normalized spacial score (nSPS) is 16.7. The Kier molecular flexibility index (Phi) is 7.69. The summed E-state index contributed by atoms with van der Waals surface area (Å²) in [6.07, 6.45) is 0.436. The number of fused-ring (bicyclic) bond motifs is 2. The number of hydrogen-bond acceptors (Lipinski definition) is 6. The van der Waals surface area contributed by atoms with E-state index in [9.17, 15) is 22.8 Å². The summed E-state index contributed by atoms with van der Waals surface area (Å²) in [4.78, 5) is 37.5. The summed E-state index contributed by atoms with van der Waals surface area (Å²) in [5.41, 5.74) is 2.06. The quantitative estimate of drug-likeness (QED) is 0.507. The van der Waals surface area contributed by atoms with Crippen LogP contribution in [0.1, 0.15) is 28.8 Å². The van der Waals surface area contributed by atoms with Gasteiger partial charge in [-0.2, -0.15) is 4.31 Å². The molecule has 1 aromatic heterocycles. The van der Waals surface area contributed by atoms with Crippen LogP contribution in [0.25, 0.3) is 11.0 Å². The lowest BCUT2D eigenvalue weighted by Crippen LogP contribution is -2.39. The van der Waals surface area contributed by atoms with Crippen LogP contribution in [0.5, 0.6) is 5.75 Å². The number of benzene rings is 2. The molecule has 0 spiro atoms. The van der Waals surface area contributed by atoms with Crippen LogP contribution in [0.2, 0.25) is 0 Å². The first-order valence-corrected chi connectivity index (χ1v) is 13.5. The van der Waals surface area contributed by atoms with E-state index in [1.807, 2.05) is 13.0 Å². The van der Waals surface area contributed by atoms with E-state index in [1.54, 1.807) is 32.3 Å². The van der Waals surface area contributed by atoms with Crippen LogP contribution in [0.15, 0.2) is 46.1 Å². The molecule has 4 rings (SSSR count). The van der Waals surface area contributed by atoms with Crippen molar-refractivity contribution in [1.29, 1.82) is 0 Å². The van der Waals surface area contributed by atoms with Crippen molar-refractivity contribution < 1.29 is 22.7 Å². The van der Waals surface area contributed by atoms with Gasteiger partial charge in [0.2, 0.25) is 15.9 Å². The van der Waals surface area contributed by atoms with Gasteiger partial charge in [-0.25, -0.2) is 13.2 Å². The lowest BCUT2D eigenvalue weighted by molar-refractivity contribution is -0.121. The van der Waals surface area contributed by atoms with E-state index in [4.69, 9.17) is 4.74 Å². The highest BCUT2D eigenvalue weighted by Crippen LogP contribution is 2.22. The zero-order chi connectivity index (χ0) is 26.7. The molecule has 11 nitrogen and oxygen atoms in total. The third kappa shape index (κ3) is 5.54. The molecule has 0 unspecified atom stereocenters. The zero-order valence-corrected chi connectivity index (χ0v) is 21.9. The Balaban J connectivity index is 1.62. The minimum Gasteiger partial charge on any atom is -0.491 e. The number of imidazole rings is 1. The number of hydrogen-bond donors (Lipinski definition) is 2. The van der Waals surface area contributed by atoms with E-state index in [0.29, 0.717) is 28.8 Å². The third-order valence-electron chi connectivity index (χ3n) is 6.40. The molecule has 2 heterocycles. The maximum absolute atomic E-state index is 13.6. The molecule has 12 heteroatoms. The molecule has 0 atom stereocenters. The molecule has 0 bridgehead atoms. The van der Waals surface area contributed by atoms with E-state index >= 15 is 0 Å². The fourth-order valence-electron chi connectivity index (χ4n) is 4.34. The Morgan fingerprint density at radius 2 is 1.65 bits per heavy atom. The van der Waals surface area contributed by atoms with Gasteiger partial charge in [0.05, 0.1) is 28.0 Å². The molecule has 2 amide bonds. The van der Waals surface area contributed by atoms with E-state index in [2.05, 4.69) is 10.6 Å². The second-order valence-corrected chi connectivity index (χ2v) is 11.0. The number of ether oxygens (including phenoxy) is 1. The Labute approximate surface area is 215 Å². The number of nitrogens with one attached hydrogen (secondary N) is 2. The Hall–Kier alpha value is -3.64. The highest BCUT2D eigenvalue weighted by Gasteiger charge is 2.26. The van der Waals surface area contributed by atoms with Gasteiger partial charge >= 0.3 is 5.69 Å². The first-order valence-electron chi connectivity index (χ1n) is 12.0. The lowest BCUT2D eigenvalue weighted by Gasteiger charge is -2.22. The maximum atomic E-state index is 13.6. The summed E-state index contributed by atoms with van der Waals surface area (Å²) in [6, 6.07) is 9.78. The summed E-state index contributed by atoms with van der Waals surface area (Å²) in [5, 5.41) is 5.55. The Morgan fingerprint density at radius 3 is 2.43 bits per heavy atom. The topological polar surface area (TPSA) is 132 Å². The third-order valence-corrected chi connectivity index (χ3v) is 8.30. The Morgan fingerprint density at radius 1 is 0.892 bits per heavy atom. The molecule has 2 N–H and O–H groups in total. The first-order chi connectivity index (χ1) is 17.6. The molecule has 0 saturated heterocycles. The number of rotatable bonds is 2. The van der Waals surface area contributed by atoms with Gasteiger partial charge in [-0.1, -0.05) is 11.6 Å². The second-order valence-electron chi connectivity index (χ2n) is 9.01. The maximum Gasteiger partial charge on any atom is 0.328 e. The van der Waals surface area contributed by atoms with Crippen LogP contribution in [-0.4, -0.2) is 66.5 Å². The lowest BCUT2D eigenvalue weighted by atomic mass is 10.1. The second kappa shape index (κ2) is 10.8. The van der Waals surface area contributed by atoms with E-state index in [-0.39, 0.29) is 61.6 Å². The van der Waals surface area contributed by atoms with E-state index in [1.165, 1.54) is 25.6 Å². The van der Waals surface area contributed by atoms with Gasteiger partial charge in [-0.15, -0.1) is 0 Å². The fourth-order valence-corrected chi connectivity index (χ4v) is 5.84. The molecule has 2 aromatic carbocycles. The van der Waals surface area contributed by atoms with Crippen LogP contribution < -0.4 is 21.1 Å². The van der Waals surface area contributed by atoms with Crippen LogP contribution in [0, 0.1) is 6.92 Å². The summed E-state index contributed by atoms with van der Waals surface area (Å²) >= 11 is 0. The first kappa shape index (κ1) is 26.4. The largest absolute Gasteiger partial charge is 0.491 e. The molecule has 0 aliphatic carbocycles. The number of carbonyl (C=O) groups excluding carboxylic acids is 2. The summed E-state index contributed by atoms with van der Waals surface area (Å²) in [7, 11) is -0.775. The average molecular weight is 530 g/mol. The molecule has 0 fully saturated rings. The standard InChI is InChI=1S/C25H31N5O6S/c1-17-6-9-22-19(15-17)24(32)27-10-13-30(12-4-5-23(31)26-11-14-36-22)37(34,35)18-7-8-20-21(16-18)29(3)25(33)28(20)2/h6-9,15-16H,4-5,10-14H2,1-3H3,(H,26,31)(H,27,32). The predicted molar refractivity (Wildman–Crippen MR) is 138 cm³/mol. The van der Waals surface area contributed by atoms with Crippen LogP contribution in [0.3, 0.4) is 0 Å². The van der Waals surface area contributed by atoms with Crippen molar-refractivity contribution in [2.45, 2.75) is 24.7 Å². The van der Waals surface area contributed by atoms with Crippen LogP contribution in [-0.2, 0) is 28.9 Å². The highest BCUT2D eigenvalue weighted by atomic mass is 32.2.